The van der Waals surface area contributed by atoms with Gasteiger partial charge in [-0.25, -0.2) is 9.67 Å². The lowest BCUT2D eigenvalue weighted by Gasteiger charge is -2.15. The topological polar surface area (TPSA) is 95.1 Å². The van der Waals surface area contributed by atoms with Gasteiger partial charge < -0.3 is 15.8 Å². The monoisotopic (exact) mass is 253 g/mol. The van der Waals surface area contributed by atoms with E-state index in [1.54, 1.807) is 7.11 Å². The van der Waals surface area contributed by atoms with Crippen LogP contribution >= 0.6 is 0 Å². The number of carbonyl (C=O) groups is 1. The fourth-order valence-corrected chi connectivity index (χ4v) is 1.88. The van der Waals surface area contributed by atoms with Gasteiger partial charge >= 0.3 is 0 Å². The molecule has 0 aliphatic heterocycles. The van der Waals surface area contributed by atoms with E-state index in [9.17, 15) is 4.79 Å². The fourth-order valence-electron chi connectivity index (χ4n) is 1.88. The molecule has 1 aliphatic rings. The van der Waals surface area contributed by atoms with Crippen LogP contribution in [0.3, 0.4) is 0 Å². The molecule has 1 aliphatic carbocycles. The van der Waals surface area contributed by atoms with Crippen LogP contribution in [0.4, 0.5) is 5.95 Å². The van der Waals surface area contributed by atoms with Crippen LogP contribution < -0.4 is 11.1 Å². The van der Waals surface area contributed by atoms with Gasteiger partial charge in [0, 0.05) is 20.3 Å². The average Bonchev–Trinajstić information content (AvgIpc) is 3.01. The number of ether oxygens (including phenoxy) is 1. The van der Waals surface area contributed by atoms with Gasteiger partial charge in [-0.05, 0) is 24.7 Å². The Morgan fingerprint density at radius 2 is 2.44 bits per heavy atom. The number of rotatable bonds is 7. The van der Waals surface area contributed by atoms with Crippen LogP contribution in [0.25, 0.3) is 0 Å². The van der Waals surface area contributed by atoms with E-state index in [1.807, 2.05) is 0 Å². The molecule has 0 aromatic carbocycles. The predicted molar refractivity (Wildman–Crippen MR) is 65.6 cm³/mol. The van der Waals surface area contributed by atoms with Crippen LogP contribution in [0, 0.1) is 5.41 Å². The largest absolute Gasteiger partial charge is 0.385 e. The highest BCUT2D eigenvalue weighted by atomic mass is 16.5. The van der Waals surface area contributed by atoms with Gasteiger partial charge in [-0.3, -0.25) is 4.79 Å². The minimum Gasteiger partial charge on any atom is -0.385 e. The molecule has 0 atom stereocenters. The number of hydrogen-bond acceptors (Lipinski definition) is 5. The molecule has 0 bridgehead atoms. The summed E-state index contributed by atoms with van der Waals surface area (Å²) in [4.78, 5) is 15.5. The lowest BCUT2D eigenvalue weighted by atomic mass is 10.0. The van der Waals surface area contributed by atoms with E-state index in [4.69, 9.17) is 10.5 Å². The van der Waals surface area contributed by atoms with Crippen LogP contribution in [0.5, 0.6) is 0 Å². The van der Waals surface area contributed by atoms with E-state index in [0.29, 0.717) is 6.54 Å². The highest BCUT2D eigenvalue weighted by Crippen LogP contribution is 2.48. The number of amides is 1. The summed E-state index contributed by atoms with van der Waals surface area (Å²) >= 11 is 0. The molecule has 1 fully saturated rings. The Morgan fingerprint density at radius 1 is 1.67 bits per heavy atom. The van der Waals surface area contributed by atoms with Crippen molar-refractivity contribution >= 4 is 11.9 Å². The first-order chi connectivity index (χ1) is 8.63. The van der Waals surface area contributed by atoms with Crippen molar-refractivity contribution < 1.29 is 9.53 Å². The van der Waals surface area contributed by atoms with Crippen LogP contribution in [-0.2, 0) is 16.1 Å². The van der Waals surface area contributed by atoms with Crippen molar-refractivity contribution in [2.24, 2.45) is 5.41 Å². The minimum absolute atomic E-state index is 0.0661. The Kier molecular flexibility index (Phi) is 3.81. The van der Waals surface area contributed by atoms with Gasteiger partial charge in [0.15, 0.2) is 0 Å². The molecule has 1 aromatic heterocycles. The summed E-state index contributed by atoms with van der Waals surface area (Å²) in [6.45, 7) is 1.61. The molecule has 1 saturated carbocycles. The lowest BCUT2D eigenvalue weighted by molar-refractivity contribution is -0.122. The molecule has 0 unspecified atom stereocenters. The number of nitrogens with one attached hydrogen (secondary N) is 1. The molecular weight excluding hydrogens is 234 g/mol. The quantitative estimate of drug-likeness (QED) is 0.701. The summed E-state index contributed by atoms with van der Waals surface area (Å²) in [5.74, 6) is 0.116. The third kappa shape index (κ3) is 3.43. The van der Waals surface area contributed by atoms with Crippen molar-refractivity contribution in [3.63, 3.8) is 0 Å². The van der Waals surface area contributed by atoms with Gasteiger partial charge in [-0.2, -0.15) is 0 Å². The predicted octanol–water partition coefficient (Wildman–Crippen LogP) is -0.207. The Labute approximate surface area is 106 Å². The number of nitrogens with two attached hydrogens (primary N) is 1. The minimum atomic E-state index is -0.0661. The molecule has 100 valence electrons. The fraction of sp³-hybridized carbons (Fsp3) is 0.727. The van der Waals surface area contributed by atoms with Gasteiger partial charge in [-0.1, -0.05) is 0 Å². The molecule has 1 amide bonds. The SMILES string of the molecule is COCCC1(CNC(=O)Cn2cnc(N)n2)CC1. The van der Waals surface area contributed by atoms with E-state index in [1.165, 1.54) is 11.0 Å². The number of aromatic nitrogens is 3. The molecule has 7 nitrogen and oxygen atoms in total. The second-order valence-electron chi connectivity index (χ2n) is 4.82. The molecule has 1 aromatic rings. The maximum atomic E-state index is 11.7. The Hall–Kier alpha value is -1.63. The molecule has 1 heterocycles. The van der Waals surface area contributed by atoms with E-state index < -0.39 is 0 Å². The van der Waals surface area contributed by atoms with Crippen molar-refractivity contribution in [1.29, 1.82) is 0 Å². The summed E-state index contributed by atoms with van der Waals surface area (Å²) in [5, 5.41) is 6.79. The van der Waals surface area contributed by atoms with E-state index in [-0.39, 0.29) is 23.8 Å². The van der Waals surface area contributed by atoms with Gasteiger partial charge in [0.05, 0.1) is 0 Å². The second kappa shape index (κ2) is 5.34. The third-order valence-electron chi connectivity index (χ3n) is 3.31. The van der Waals surface area contributed by atoms with E-state index >= 15 is 0 Å². The van der Waals surface area contributed by atoms with E-state index in [0.717, 1.165) is 25.9 Å². The van der Waals surface area contributed by atoms with Crippen LogP contribution in [-0.4, -0.2) is 40.9 Å². The van der Waals surface area contributed by atoms with Crippen LogP contribution in [0.2, 0.25) is 0 Å². The number of nitrogens with zero attached hydrogens (tertiary/aromatic N) is 3. The van der Waals surface area contributed by atoms with Gasteiger partial charge in [-0.15, -0.1) is 5.10 Å². The molecule has 18 heavy (non-hydrogen) atoms. The average molecular weight is 253 g/mol. The highest BCUT2D eigenvalue weighted by Gasteiger charge is 2.42. The third-order valence-corrected chi connectivity index (χ3v) is 3.31. The summed E-state index contributed by atoms with van der Waals surface area (Å²) in [5.41, 5.74) is 5.63. The zero-order chi connectivity index (χ0) is 13.0. The van der Waals surface area contributed by atoms with Crippen molar-refractivity contribution in [1.82, 2.24) is 20.1 Å². The molecule has 3 N–H and O–H groups in total. The van der Waals surface area contributed by atoms with Crippen LogP contribution in [0.1, 0.15) is 19.3 Å². The normalized spacial score (nSPS) is 16.5. The van der Waals surface area contributed by atoms with E-state index in [2.05, 4.69) is 15.4 Å². The maximum absolute atomic E-state index is 11.7. The number of carbonyl (C=O) groups excluding carboxylic acids is 1. The number of anilines is 1. The first-order valence-electron chi connectivity index (χ1n) is 6.04. The molecule has 0 radical (unpaired) electrons. The Balaban J connectivity index is 1.72. The van der Waals surface area contributed by atoms with Gasteiger partial charge in [0.2, 0.25) is 11.9 Å². The van der Waals surface area contributed by atoms with Crippen LogP contribution in [0.15, 0.2) is 6.33 Å². The molecule has 0 saturated heterocycles. The summed E-state index contributed by atoms with van der Waals surface area (Å²) < 4.78 is 6.50. The summed E-state index contributed by atoms with van der Waals surface area (Å²) in [6.07, 6.45) is 4.77. The zero-order valence-corrected chi connectivity index (χ0v) is 10.6. The molecule has 0 spiro atoms. The first-order valence-corrected chi connectivity index (χ1v) is 6.04. The number of methoxy groups -OCH3 is 1. The van der Waals surface area contributed by atoms with Crippen molar-refractivity contribution in [2.75, 3.05) is 26.0 Å². The highest BCUT2D eigenvalue weighted by molar-refractivity contribution is 5.75. The number of hydrogen-bond donors (Lipinski definition) is 2. The molecule has 7 heteroatoms. The lowest BCUT2D eigenvalue weighted by Crippen LogP contribution is -2.33. The zero-order valence-electron chi connectivity index (χ0n) is 10.6. The Bertz CT molecular complexity index is 413. The summed E-state index contributed by atoms with van der Waals surface area (Å²) in [6, 6.07) is 0. The molecule has 2 rings (SSSR count). The van der Waals surface area contributed by atoms with Crippen molar-refractivity contribution in [3.05, 3.63) is 6.33 Å². The Morgan fingerprint density at radius 3 is 3.00 bits per heavy atom. The van der Waals surface area contributed by atoms with Gasteiger partial charge in [0.1, 0.15) is 12.9 Å². The number of nitrogen functional groups attached to an aromatic ring is 1. The molecular formula is C11H19N5O2. The maximum Gasteiger partial charge on any atom is 0.241 e. The van der Waals surface area contributed by atoms with Gasteiger partial charge in [0.25, 0.3) is 0 Å². The van der Waals surface area contributed by atoms with Crippen molar-refractivity contribution in [3.8, 4) is 0 Å². The first kappa shape index (κ1) is 12.8. The van der Waals surface area contributed by atoms with Crippen molar-refractivity contribution in [2.45, 2.75) is 25.8 Å². The second-order valence-corrected chi connectivity index (χ2v) is 4.82. The standard InChI is InChI=1S/C11H19N5O2/c1-18-5-4-11(2-3-11)7-13-9(17)6-16-8-14-10(12)15-16/h8H,2-7H2,1H3,(H2,12,15)(H,13,17). The summed E-state index contributed by atoms with van der Waals surface area (Å²) in [7, 11) is 1.70. The smallest absolute Gasteiger partial charge is 0.241 e.